The summed E-state index contributed by atoms with van der Waals surface area (Å²) in [6.45, 7) is 6.53. The van der Waals surface area contributed by atoms with Crippen LogP contribution in [0.15, 0.2) is 54.9 Å². The van der Waals surface area contributed by atoms with E-state index in [0.29, 0.717) is 17.8 Å². The van der Waals surface area contributed by atoms with Crippen LogP contribution in [0.4, 0.5) is 5.82 Å². The molecule has 0 aliphatic heterocycles. The predicted molar refractivity (Wildman–Crippen MR) is 128 cm³/mol. The minimum Gasteiger partial charge on any atom is -0.362 e. The smallest absolute Gasteiger partial charge is 0.252 e. The number of benzene rings is 1. The highest BCUT2D eigenvalue weighted by molar-refractivity contribution is 6.06. The van der Waals surface area contributed by atoms with Crippen LogP contribution in [0.2, 0.25) is 0 Å². The van der Waals surface area contributed by atoms with Gasteiger partial charge in [0.15, 0.2) is 5.65 Å². The van der Waals surface area contributed by atoms with Crippen molar-refractivity contribution in [3.63, 3.8) is 0 Å². The van der Waals surface area contributed by atoms with Crippen molar-refractivity contribution in [2.75, 3.05) is 19.0 Å². The van der Waals surface area contributed by atoms with E-state index in [1.165, 1.54) is 0 Å². The lowest BCUT2D eigenvalue weighted by Crippen LogP contribution is -2.25. The summed E-state index contributed by atoms with van der Waals surface area (Å²) in [6.07, 6.45) is 3.48. The maximum absolute atomic E-state index is 13.4. The Bertz CT molecular complexity index is 1270. The Kier molecular flexibility index (Phi) is 5.90. The summed E-state index contributed by atoms with van der Waals surface area (Å²) in [5.41, 5.74) is 5.10. The lowest BCUT2D eigenvalue weighted by atomic mass is 10.0. The molecule has 1 aromatic carbocycles. The largest absolute Gasteiger partial charge is 0.362 e. The molecule has 0 unspecified atom stereocenters. The second-order valence-electron chi connectivity index (χ2n) is 8.35. The van der Waals surface area contributed by atoms with E-state index in [1.807, 2.05) is 73.1 Å². The highest BCUT2D eigenvalue weighted by atomic mass is 16.1. The van der Waals surface area contributed by atoms with Gasteiger partial charge in [-0.1, -0.05) is 30.3 Å². The van der Waals surface area contributed by atoms with E-state index in [1.54, 1.807) is 12.4 Å². The number of carbonyl (C=O) groups excluding carboxylic acids is 1. The molecule has 0 aliphatic rings. The van der Waals surface area contributed by atoms with Crippen molar-refractivity contribution in [3.8, 4) is 11.3 Å². The van der Waals surface area contributed by atoms with Crippen LogP contribution in [0.1, 0.15) is 41.4 Å². The van der Waals surface area contributed by atoms with Crippen LogP contribution in [-0.4, -0.2) is 39.8 Å². The van der Waals surface area contributed by atoms with Crippen LogP contribution < -0.4 is 10.2 Å². The molecule has 0 spiro atoms. The maximum atomic E-state index is 13.4. The zero-order chi connectivity index (χ0) is 22.8. The second kappa shape index (κ2) is 8.78. The van der Waals surface area contributed by atoms with Crippen molar-refractivity contribution in [3.05, 3.63) is 71.5 Å². The molecule has 0 aliphatic carbocycles. The van der Waals surface area contributed by atoms with E-state index in [0.717, 1.165) is 33.6 Å². The molecule has 164 valence electrons. The molecule has 0 atom stereocenters. The SMILES string of the molecule is Cc1ccccc1-c1cc(C(=O)NCc2cccnc2N(C)C)c2cnn(C(C)C)c2n1. The zero-order valence-electron chi connectivity index (χ0n) is 19.1. The van der Waals surface area contributed by atoms with Crippen molar-refractivity contribution < 1.29 is 4.79 Å². The number of anilines is 1. The van der Waals surface area contributed by atoms with Crippen molar-refractivity contribution in [1.82, 2.24) is 25.1 Å². The Hall–Kier alpha value is -3.74. The molecule has 1 N–H and O–H groups in total. The molecule has 0 radical (unpaired) electrons. The molecule has 7 heteroatoms. The summed E-state index contributed by atoms with van der Waals surface area (Å²) in [7, 11) is 3.88. The number of aryl methyl sites for hydroxylation is 1. The molecule has 1 amide bonds. The number of amides is 1. The topological polar surface area (TPSA) is 75.9 Å². The fourth-order valence-corrected chi connectivity index (χ4v) is 3.82. The van der Waals surface area contributed by atoms with Crippen LogP contribution in [0.3, 0.4) is 0 Å². The zero-order valence-corrected chi connectivity index (χ0v) is 19.1. The van der Waals surface area contributed by atoms with Gasteiger partial charge in [0.2, 0.25) is 0 Å². The standard InChI is InChI=1S/C25H28N6O/c1-16(2)31-24-21(15-28-31)20(13-22(29-24)19-11-7-6-9-17(19)3)25(32)27-14-18-10-8-12-26-23(18)30(4)5/h6-13,15-16H,14H2,1-5H3,(H,27,32). The first-order valence-corrected chi connectivity index (χ1v) is 10.7. The summed E-state index contributed by atoms with van der Waals surface area (Å²) in [5, 5.41) is 8.32. The number of fused-ring (bicyclic) bond motifs is 1. The molecular weight excluding hydrogens is 400 g/mol. The maximum Gasteiger partial charge on any atom is 0.252 e. The number of pyridine rings is 2. The Morgan fingerprint density at radius 1 is 1.16 bits per heavy atom. The van der Waals surface area contributed by atoms with Crippen molar-refractivity contribution in [2.45, 2.75) is 33.4 Å². The van der Waals surface area contributed by atoms with Crippen LogP contribution in [0, 0.1) is 6.92 Å². The second-order valence-corrected chi connectivity index (χ2v) is 8.35. The fraction of sp³-hybridized carbons (Fsp3) is 0.280. The molecule has 0 fully saturated rings. The summed E-state index contributed by atoms with van der Waals surface area (Å²) in [4.78, 5) is 24.6. The lowest BCUT2D eigenvalue weighted by molar-refractivity contribution is 0.0952. The van der Waals surface area contributed by atoms with Gasteiger partial charge in [-0.2, -0.15) is 5.10 Å². The van der Waals surface area contributed by atoms with Gasteiger partial charge in [-0.25, -0.2) is 14.6 Å². The number of rotatable bonds is 6. The number of aromatic nitrogens is 4. The van der Waals surface area contributed by atoms with Gasteiger partial charge < -0.3 is 10.2 Å². The van der Waals surface area contributed by atoms with Gasteiger partial charge in [0.1, 0.15) is 5.82 Å². The lowest BCUT2D eigenvalue weighted by Gasteiger charge is -2.16. The number of nitrogens with zero attached hydrogens (tertiary/aromatic N) is 5. The van der Waals surface area contributed by atoms with Gasteiger partial charge >= 0.3 is 0 Å². The highest BCUT2D eigenvalue weighted by Crippen LogP contribution is 2.28. The van der Waals surface area contributed by atoms with Crippen LogP contribution >= 0.6 is 0 Å². The molecule has 4 rings (SSSR count). The summed E-state index contributed by atoms with van der Waals surface area (Å²) >= 11 is 0. The van der Waals surface area contributed by atoms with Gasteiger partial charge in [-0.3, -0.25) is 4.79 Å². The minimum atomic E-state index is -0.163. The van der Waals surface area contributed by atoms with E-state index >= 15 is 0 Å². The molecule has 0 saturated carbocycles. The number of hydrogen-bond donors (Lipinski definition) is 1. The van der Waals surface area contributed by atoms with Crippen LogP contribution in [-0.2, 0) is 6.54 Å². The quantitative estimate of drug-likeness (QED) is 0.493. The number of nitrogens with one attached hydrogen (secondary N) is 1. The third-order valence-corrected chi connectivity index (χ3v) is 5.45. The highest BCUT2D eigenvalue weighted by Gasteiger charge is 2.19. The Balaban J connectivity index is 1.76. The number of hydrogen-bond acceptors (Lipinski definition) is 5. The van der Waals surface area contributed by atoms with Crippen molar-refractivity contribution >= 4 is 22.8 Å². The van der Waals surface area contributed by atoms with Gasteiger partial charge in [-0.15, -0.1) is 0 Å². The van der Waals surface area contributed by atoms with E-state index < -0.39 is 0 Å². The molecule has 3 heterocycles. The fourth-order valence-electron chi connectivity index (χ4n) is 3.82. The molecule has 4 aromatic rings. The molecule has 3 aromatic heterocycles. The molecule has 32 heavy (non-hydrogen) atoms. The summed E-state index contributed by atoms with van der Waals surface area (Å²) in [6, 6.07) is 13.9. The van der Waals surface area contributed by atoms with Gasteiger partial charge in [-0.05, 0) is 38.5 Å². The Morgan fingerprint density at radius 3 is 2.66 bits per heavy atom. The monoisotopic (exact) mass is 428 g/mol. The van der Waals surface area contributed by atoms with Crippen molar-refractivity contribution in [1.29, 1.82) is 0 Å². The van der Waals surface area contributed by atoms with E-state index in [2.05, 4.69) is 29.2 Å². The predicted octanol–water partition coefficient (Wildman–Crippen LogP) is 4.38. The molecule has 0 saturated heterocycles. The Labute approximate surface area is 188 Å². The minimum absolute atomic E-state index is 0.126. The van der Waals surface area contributed by atoms with Crippen molar-refractivity contribution in [2.24, 2.45) is 0 Å². The molecule has 7 nitrogen and oxygen atoms in total. The Morgan fingerprint density at radius 2 is 1.94 bits per heavy atom. The number of carbonyl (C=O) groups is 1. The summed E-state index contributed by atoms with van der Waals surface area (Å²) < 4.78 is 1.86. The third kappa shape index (κ3) is 4.06. The normalized spacial score (nSPS) is 11.2. The molecular formula is C25H28N6O. The van der Waals surface area contributed by atoms with Crippen LogP contribution in [0.5, 0.6) is 0 Å². The van der Waals surface area contributed by atoms with E-state index in [-0.39, 0.29) is 11.9 Å². The van der Waals surface area contributed by atoms with Crippen LogP contribution in [0.25, 0.3) is 22.3 Å². The third-order valence-electron chi connectivity index (χ3n) is 5.45. The average Bonchev–Trinajstić information content (AvgIpc) is 3.21. The summed E-state index contributed by atoms with van der Waals surface area (Å²) in [5.74, 6) is 0.671. The average molecular weight is 429 g/mol. The van der Waals surface area contributed by atoms with E-state index in [4.69, 9.17) is 4.98 Å². The van der Waals surface area contributed by atoms with E-state index in [9.17, 15) is 4.79 Å². The first-order chi connectivity index (χ1) is 15.4. The van der Waals surface area contributed by atoms with Gasteiger partial charge in [0.05, 0.1) is 22.8 Å². The van der Waals surface area contributed by atoms with Gasteiger partial charge in [0.25, 0.3) is 5.91 Å². The first-order valence-electron chi connectivity index (χ1n) is 10.7. The first kappa shape index (κ1) is 21.5. The molecule has 0 bridgehead atoms. The van der Waals surface area contributed by atoms with Gasteiger partial charge in [0, 0.05) is 44.0 Å².